The molecule has 0 fully saturated rings. The molecule has 0 saturated heterocycles. The highest BCUT2D eigenvalue weighted by atomic mass is 35.5. The van der Waals surface area contributed by atoms with Gasteiger partial charge in [-0.2, -0.15) is 0 Å². The predicted molar refractivity (Wildman–Crippen MR) is 100 cm³/mol. The van der Waals surface area contributed by atoms with E-state index in [0.29, 0.717) is 0 Å². The lowest BCUT2D eigenvalue weighted by Crippen LogP contribution is -2.34. The Kier molecular flexibility index (Phi) is 6.09. The summed E-state index contributed by atoms with van der Waals surface area (Å²) in [6.07, 6.45) is 0. The second kappa shape index (κ2) is 8.09. The van der Waals surface area contributed by atoms with Crippen LogP contribution in [0, 0.1) is 10.1 Å². The fraction of sp³-hybridized carbons (Fsp3) is 0. The first-order chi connectivity index (χ1) is 12.2. The molecular formula is C15H9Cl2N3O5S. The SMILES string of the molecule is O=C(NC(=S)Nc1ccc(Cl)cc1C(=O)O)c1cc([N+](=O)[O-])ccc1Cl. The van der Waals surface area contributed by atoms with Crippen LogP contribution < -0.4 is 10.6 Å². The number of rotatable bonds is 4. The number of nitro groups is 1. The molecule has 2 aromatic carbocycles. The van der Waals surface area contributed by atoms with Gasteiger partial charge in [0.25, 0.3) is 11.6 Å². The maximum absolute atomic E-state index is 12.2. The molecule has 8 nitrogen and oxygen atoms in total. The Hall–Kier alpha value is -2.75. The lowest BCUT2D eigenvalue weighted by molar-refractivity contribution is -0.384. The summed E-state index contributed by atoms with van der Waals surface area (Å²) in [6, 6.07) is 7.41. The van der Waals surface area contributed by atoms with Gasteiger partial charge in [-0.1, -0.05) is 23.2 Å². The number of aromatic carboxylic acids is 1. The first-order valence-corrected chi connectivity index (χ1v) is 7.94. The number of carbonyl (C=O) groups is 2. The van der Waals surface area contributed by atoms with Crippen LogP contribution in [0.5, 0.6) is 0 Å². The van der Waals surface area contributed by atoms with Crippen molar-refractivity contribution in [2.45, 2.75) is 0 Å². The molecule has 2 rings (SSSR count). The number of carbonyl (C=O) groups excluding carboxylic acids is 1. The summed E-state index contributed by atoms with van der Waals surface area (Å²) in [5.41, 5.74) is -0.510. The van der Waals surface area contributed by atoms with Crippen molar-refractivity contribution >= 4 is 63.8 Å². The van der Waals surface area contributed by atoms with Crippen LogP contribution in [0.2, 0.25) is 10.0 Å². The van der Waals surface area contributed by atoms with Crippen molar-refractivity contribution in [3.05, 3.63) is 67.7 Å². The van der Waals surface area contributed by atoms with Gasteiger partial charge in [0.05, 0.1) is 26.8 Å². The zero-order valence-electron chi connectivity index (χ0n) is 12.7. The van der Waals surface area contributed by atoms with Crippen molar-refractivity contribution in [3.63, 3.8) is 0 Å². The molecule has 0 unspecified atom stereocenters. The molecule has 0 spiro atoms. The van der Waals surface area contributed by atoms with Crippen molar-refractivity contribution in [2.24, 2.45) is 0 Å². The Bertz CT molecular complexity index is 935. The summed E-state index contributed by atoms with van der Waals surface area (Å²) in [5.74, 6) is -2.03. The number of nitrogens with zero attached hydrogens (tertiary/aromatic N) is 1. The molecule has 2 aromatic rings. The third-order valence-corrected chi connectivity index (χ3v) is 3.86. The standard InChI is InChI=1S/C15H9Cl2N3O5S/c16-7-1-4-12(10(5-7)14(22)23)18-15(26)19-13(21)9-6-8(20(24)25)2-3-11(9)17/h1-6H,(H,22,23)(H2,18,19,21,26). The number of non-ortho nitro benzene ring substituents is 1. The van der Waals surface area contributed by atoms with E-state index in [9.17, 15) is 24.8 Å². The summed E-state index contributed by atoms with van der Waals surface area (Å²) in [6.45, 7) is 0. The number of nitrogens with one attached hydrogen (secondary N) is 2. The minimum absolute atomic E-state index is 0.00591. The summed E-state index contributed by atoms with van der Waals surface area (Å²) in [4.78, 5) is 33.6. The van der Waals surface area contributed by atoms with Gasteiger partial charge in [0.1, 0.15) is 0 Å². The molecule has 0 atom stereocenters. The molecule has 0 aromatic heterocycles. The Morgan fingerprint density at radius 3 is 2.42 bits per heavy atom. The van der Waals surface area contributed by atoms with E-state index in [4.69, 9.17) is 35.4 Å². The number of anilines is 1. The quantitative estimate of drug-likeness (QED) is 0.396. The highest BCUT2D eigenvalue weighted by molar-refractivity contribution is 7.80. The molecule has 0 aliphatic rings. The smallest absolute Gasteiger partial charge is 0.337 e. The number of carboxylic acids is 1. The molecule has 26 heavy (non-hydrogen) atoms. The van der Waals surface area contributed by atoms with Gasteiger partial charge in [-0.05, 0) is 36.5 Å². The van der Waals surface area contributed by atoms with Crippen LogP contribution in [-0.2, 0) is 0 Å². The minimum atomic E-state index is -1.24. The fourth-order valence-corrected chi connectivity index (χ4v) is 2.51. The molecular weight excluding hydrogens is 405 g/mol. The molecule has 0 aliphatic carbocycles. The number of nitro benzene ring substituents is 1. The van der Waals surface area contributed by atoms with Crippen LogP contribution in [-0.4, -0.2) is 27.0 Å². The number of hydrogen-bond acceptors (Lipinski definition) is 5. The van der Waals surface area contributed by atoms with Crippen LogP contribution in [0.15, 0.2) is 36.4 Å². The van der Waals surface area contributed by atoms with Gasteiger partial charge in [0, 0.05) is 17.2 Å². The fourth-order valence-electron chi connectivity index (χ4n) is 1.93. The zero-order valence-corrected chi connectivity index (χ0v) is 15.0. The number of hydrogen-bond donors (Lipinski definition) is 3. The molecule has 0 aliphatic heterocycles. The van der Waals surface area contributed by atoms with Crippen molar-refractivity contribution in [2.75, 3.05) is 5.32 Å². The van der Waals surface area contributed by atoms with Crippen LogP contribution in [0.3, 0.4) is 0 Å². The second-order valence-electron chi connectivity index (χ2n) is 4.82. The van der Waals surface area contributed by atoms with Gasteiger partial charge in [0.2, 0.25) is 0 Å². The summed E-state index contributed by atoms with van der Waals surface area (Å²) < 4.78 is 0. The van der Waals surface area contributed by atoms with Gasteiger partial charge in [0.15, 0.2) is 5.11 Å². The van der Waals surface area contributed by atoms with E-state index < -0.39 is 16.8 Å². The van der Waals surface area contributed by atoms with Crippen LogP contribution in [0.1, 0.15) is 20.7 Å². The van der Waals surface area contributed by atoms with Gasteiger partial charge in [-0.3, -0.25) is 20.2 Å². The van der Waals surface area contributed by atoms with Gasteiger partial charge in [-0.25, -0.2) is 4.79 Å². The maximum atomic E-state index is 12.2. The van der Waals surface area contributed by atoms with E-state index in [2.05, 4.69) is 10.6 Å². The van der Waals surface area contributed by atoms with E-state index >= 15 is 0 Å². The van der Waals surface area contributed by atoms with E-state index in [0.717, 1.165) is 12.1 Å². The van der Waals surface area contributed by atoms with Crippen molar-refractivity contribution in [1.82, 2.24) is 5.32 Å². The van der Waals surface area contributed by atoms with Gasteiger partial charge < -0.3 is 10.4 Å². The molecule has 3 N–H and O–H groups in total. The molecule has 0 saturated carbocycles. The third-order valence-electron chi connectivity index (χ3n) is 3.09. The third kappa shape index (κ3) is 4.66. The van der Waals surface area contributed by atoms with Crippen molar-refractivity contribution in [3.8, 4) is 0 Å². The van der Waals surface area contributed by atoms with Gasteiger partial charge in [-0.15, -0.1) is 0 Å². The van der Waals surface area contributed by atoms with Crippen molar-refractivity contribution in [1.29, 1.82) is 0 Å². The van der Waals surface area contributed by atoms with Gasteiger partial charge >= 0.3 is 5.97 Å². The molecule has 0 radical (unpaired) electrons. The Morgan fingerprint density at radius 1 is 1.12 bits per heavy atom. The largest absolute Gasteiger partial charge is 0.478 e. The molecule has 1 amide bonds. The van der Waals surface area contributed by atoms with Crippen LogP contribution in [0.25, 0.3) is 0 Å². The van der Waals surface area contributed by atoms with Crippen LogP contribution in [0.4, 0.5) is 11.4 Å². The average Bonchev–Trinajstić information content (AvgIpc) is 2.56. The van der Waals surface area contributed by atoms with E-state index in [-0.39, 0.29) is 37.7 Å². The first-order valence-electron chi connectivity index (χ1n) is 6.78. The highest BCUT2D eigenvalue weighted by Gasteiger charge is 2.18. The average molecular weight is 414 g/mol. The number of halogens is 2. The molecule has 0 heterocycles. The lowest BCUT2D eigenvalue weighted by Gasteiger charge is -2.12. The first kappa shape index (κ1) is 19.6. The lowest BCUT2D eigenvalue weighted by atomic mass is 10.2. The number of thiocarbonyl (C=S) groups is 1. The van der Waals surface area contributed by atoms with E-state index in [1.165, 1.54) is 24.3 Å². The van der Waals surface area contributed by atoms with Crippen molar-refractivity contribution < 1.29 is 19.6 Å². The summed E-state index contributed by atoms with van der Waals surface area (Å²) in [5, 5.41) is 24.8. The molecule has 11 heteroatoms. The Labute approximate surface area is 161 Å². The maximum Gasteiger partial charge on any atom is 0.337 e. The number of benzene rings is 2. The Balaban J connectivity index is 2.19. The zero-order chi connectivity index (χ0) is 19.4. The number of carboxylic acid groups (broad SMARTS) is 1. The number of amides is 1. The van der Waals surface area contributed by atoms with E-state index in [1.807, 2.05) is 0 Å². The predicted octanol–water partition coefficient (Wildman–Crippen LogP) is 3.73. The van der Waals surface area contributed by atoms with Crippen LogP contribution >= 0.6 is 35.4 Å². The van der Waals surface area contributed by atoms with E-state index in [1.54, 1.807) is 0 Å². The summed E-state index contributed by atoms with van der Waals surface area (Å²) >= 11 is 16.6. The normalized spacial score (nSPS) is 10.1. The minimum Gasteiger partial charge on any atom is -0.478 e. The highest BCUT2D eigenvalue weighted by Crippen LogP contribution is 2.23. The topological polar surface area (TPSA) is 122 Å². The Morgan fingerprint density at radius 2 is 1.81 bits per heavy atom. The molecule has 134 valence electrons. The monoisotopic (exact) mass is 413 g/mol. The molecule has 0 bridgehead atoms. The summed E-state index contributed by atoms with van der Waals surface area (Å²) in [7, 11) is 0. The second-order valence-corrected chi connectivity index (χ2v) is 6.08.